The van der Waals surface area contributed by atoms with E-state index in [1.807, 2.05) is 24.3 Å². The minimum Gasteiger partial charge on any atom is -0.478 e. The first-order chi connectivity index (χ1) is 18.9. The highest BCUT2D eigenvalue weighted by molar-refractivity contribution is 5.93. The Morgan fingerprint density at radius 2 is 1.02 bits per heavy atom. The number of carboxylic acids is 2. The Labute approximate surface area is 242 Å². The molecule has 0 amide bonds. The van der Waals surface area contributed by atoms with Crippen molar-refractivity contribution in [3.8, 4) is 11.1 Å². The zero-order valence-corrected chi connectivity index (χ0v) is 25.8. The van der Waals surface area contributed by atoms with Crippen molar-refractivity contribution in [1.29, 1.82) is 0 Å². The van der Waals surface area contributed by atoms with Gasteiger partial charge in [0.2, 0.25) is 0 Å². The van der Waals surface area contributed by atoms with Gasteiger partial charge in [-0.05, 0) is 89.5 Å². The Balaban J connectivity index is 1.97. The van der Waals surface area contributed by atoms with Gasteiger partial charge in [0.25, 0.3) is 0 Å². The molecular weight excluding hydrogens is 496 g/mol. The van der Waals surface area contributed by atoms with E-state index >= 15 is 0 Å². The minimum absolute atomic E-state index is 0.307. The van der Waals surface area contributed by atoms with Crippen LogP contribution in [-0.2, 0) is 5.41 Å². The van der Waals surface area contributed by atoms with E-state index < -0.39 is 11.9 Å². The first-order valence-corrected chi connectivity index (χ1v) is 15.7. The number of hydrogen-bond donors (Lipinski definition) is 2. The molecule has 0 saturated heterocycles. The first-order valence-electron chi connectivity index (χ1n) is 15.7. The molecule has 4 nitrogen and oxygen atoms in total. The molecule has 2 atom stereocenters. The van der Waals surface area contributed by atoms with Crippen molar-refractivity contribution in [2.24, 2.45) is 23.7 Å². The summed E-state index contributed by atoms with van der Waals surface area (Å²) in [6, 6.07) is 11.0. The number of carbonyl (C=O) groups is 2. The smallest absolute Gasteiger partial charge is 0.335 e. The quantitative estimate of drug-likeness (QED) is 0.206. The number of fused-ring (bicyclic) bond motifs is 3. The molecule has 0 aliphatic heterocycles. The molecule has 3 rings (SSSR count). The topological polar surface area (TPSA) is 74.6 Å². The highest BCUT2D eigenvalue weighted by atomic mass is 16.4. The third-order valence-electron chi connectivity index (χ3n) is 9.18. The fourth-order valence-corrected chi connectivity index (χ4v) is 6.71. The van der Waals surface area contributed by atoms with Crippen LogP contribution < -0.4 is 0 Å². The monoisotopic (exact) mass is 548 g/mol. The second-order valence-corrected chi connectivity index (χ2v) is 13.5. The summed E-state index contributed by atoms with van der Waals surface area (Å²) in [6.45, 7) is 13.8. The van der Waals surface area contributed by atoms with Gasteiger partial charge < -0.3 is 10.2 Å². The maximum absolute atomic E-state index is 12.0. The van der Waals surface area contributed by atoms with Gasteiger partial charge in [-0.1, -0.05) is 105 Å². The Morgan fingerprint density at radius 3 is 1.45 bits per heavy atom. The lowest BCUT2D eigenvalue weighted by Crippen LogP contribution is -2.27. The van der Waals surface area contributed by atoms with E-state index in [2.05, 4.69) is 41.5 Å². The number of benzene rings is 2. The zero-order chi connectivity index (χ0) is 29.4. The van der Waals surface area contributed by atoms with Crippen LogP contribution >= 0.6 is 0 Å². The van der Waals surface area contributed by atoms with E-state index in [9.17, 15) is 19.8 Å². The molecule has 0 bridgehead atoms. The number of hydrogen-bond acceptors (Lipinski definition) is 2. The number of carboxylic acid groups (broad SMARTS) is 2. The molecule has 0 heterocycles. The average Bonchev–Trinajstić information content (AvgIpc) is 3.15. The molecule has 2 N–H and O–H groups in total. The lowest BCUT2D eigenvalue weighted by Gasteiger charge is -2.34. The lowest BCUT2D eigenvalue weighted by molar-refractivity contribution is 0.0686. The molecule has 0 saturated carbocycles. The van der Waals surface area contributed by atoms with Crippen LogP contribution in [0.4, 0.5) is 0 Å². The molecule has 1 aliphatic carbocycles. The van der Waals surface area contributed by atoms with Crippen LogP contribution in [0.15, 0.2) is 36.4 Å². The van der Waals surface area contributed by atoms with Gasteiger partial charge in [0.15, 0.2) is 0 Å². The zero-order valence-electron chi connectivity index (χ0n) is 25.8. The maximum atomic E-state index is 12.0. The molecule has 0 aromatic heterocycles. The summed E-state index contributed by atoms with van der Waals surface area (Å²) in [7, 11) is 0. The van der Waals surface area contributed by atoms with Gasteiger partial charge in [0, 0.05) is 5.41 Å². The first kappa shape index (κ1) is 31.9. The van der Waals surface area contributed by atoms with Gasteiger partial charge in [-0.15, -0.1) is 0 Å². The van der Waals surface area contributed by atoms with Gasteiger partial charge in [-0.25, -0.2) is 9.59 Å². The van der Waals surface area contributed by atoms with Crippen LogP contribution in [0.5, 0.6) is 0 Å². The van der Waals surface area contributed by atoms with Crippen LogP contribution in [0.2, 0.25) is 0 Å². The molecule has 40 heavy (non-hydrogen) atoms. The van der Waals surface area contributed by atoms with Crippen molar-refractivity contribution in [2.75, 3.05) is 0 Å². The summed E-state index contributed by atoms with van der Waals surface area (Å²) in [4.78, 5) is 24.1. The molecule has 1 aliphatic rings. The van der Waals surface area contributed by atoms with Crippen LogP contribution in [0, 0.1) is 23.7 Å². The van der Waals surface area contributed by atoms with Crippen LogP contribution in [-0.4, -0.2) is 22.2 Å². The highest BCUT2D eigenvalue weighted by Crippen LogP contribution is 2.55. The van der Waals surface area contributed by atoms with Gasteiger partial charge in [0.05, 0.1) is 11.1 Å². The average molecular weight is 549 g/mol. The van der Waals surface area contributed by atoms with E-state index in [1.165, 1.54) is 38.5 Å². The largest absolute Gasteiger partial charge is 0.478 e. The predicted molar refractivity (Wildman–Crippen MR) is 165 cm³/mol. The van der Waals surface area contributed by atoms with E-state index in [0.717, 1.165) is 60.3 Å². The fraction of sp³-hybridized carbons (Fsp3) is 0.611. The fourth-order valence-electron chi connectivity index (χ4n) is 6.71. The second-order valence-electron chi connectivity index (χ2n) is 13.5. The summed E-state index contributed by atoms with van der Waals surface area (Å²) in [6.07, 6.45) is 12.4. The Morgan fingerprint density at radius 1 is 0.600 bits per heavy atom. The summed E-state index contributed by atoms with van der Waals surface area (Å²) in [5.74, 6) is 0.805. The predicted octanol–water partition coefficient (Wildman–Crippen LogP) is 10.2. The summed E-state index contributed by atoms with van der Waals surface area (Å²) < 4.78 is 0. The van der Waals surface area contributed by atoms with Gasteiger partial charge in [-0.2, -0.15) is 0 Å². The van der Waals surface area contributed by atoms with Crippen molar-refractivity contribution < 1.29 is 19.8 Å². The van der Waals surface area contributed by atoms with Gasteiger partial charge >= 0.3 is 11.9 Å². The van der Waals surface area contributed by atoms with Crippen molar-refractivity contribution in [2.45, 2.75) is 118 Å². The van der Waals surface area contributed by atoms with E-state index in [4.69, 9.17) is 0 Å². The summed E-state index contributed by atoms with van der Waals surface area (Å²) in [5, 5.41) is 19.7. The van der Waals surface area contributed by atoms with E-state index in [0.29, 0.717) is 28.9 Å². The maximum Gasteiger partial charge on any atom is 0.335 e. The molecule has 2 unspecified atom stereocenters. The van der Waals surface area contributed by atoms with Crippen molar-refractivity contribution in [1.82, 2.24) is 0 Å². The molecule has 4 heteroatoms. The SMILES string of the molecule is CC(C)CCCC(C)CCCC1(CCC(C)CCCC(C)C)c2cc(C(=O)O)ccc2-c2ccc(C(=O)O)cc21. The van der Waals surface area contributed by atoms with Crippen LogP contribution in [0.1, 0.15) is 144 Å². The lowest BCUT2D eigenvalue weighted by atomic mass is 9.69. The number of rotatable bonds is 17. The molecule has 0 radical (unpaired) electrons. The molecule has 220 valence electrons. The molecular formula is C36H52O4. The van der Waals surface area contributed by atoms with Crippen molar-refractivity contribution in [3.05, 3.63) is 58.7 Å². The molecule has 2 aromatic rings. The molecule has 0 fully saturated rings. The van der Waals surface area contributed by atoms with Crippen molar-refractivity contribution >= 4 is 11.9 Å². The van der Waals surface area contributed by atoms with Gasteiger partial charge in [0.1, 0.15) is 0 Å². The van der Waals surface area contributed by atoms with Crippen LogP contribution in [0.25, 0.3) is 11.1 Å². The third-order valence-corrected chi connectivity index (χ3v) is 9.18. The molecule has 0 spiro atoms. The third kappa shape index (κ3) is 7.98. The normalized spacial score (nSPS) is 15.2. The minimum atomic E-state index is -0.917. The Bertz CT molecular complexity index is 1080. The van der Waals surface area contributed by atoms with Crippen molar-refractivity contribution in [3.63, 3.8) is 0 Å². The highest BCUT2D eigenvalue weighted by Gasteiger charge is 2.43. The van der Waals surface area contributed by atoms with E-state index in [1.54, 1.807) is 12.1 Å². The van der Waals surface area contributed by atoms with E-state index in [-0.39, 0.29) is 5.41 Å². The Kier molecular flexibility index (Phi) is 11.4. The summed E-state index contributed by atoms with van der Waals surface area (Å²) >= 11 is 0. The molecule has 2 aromatic carbocycles. The standard InChI is InChI=1S/C36H52O4/c1-24(2)10-7-12-26(5)14-9-20-36(21-19-27(6)13-8-11-25(3)4)32-22-28(34(37)38)15-17-30(32)31-18-16-29(35(39)40)23-33(31)36/h15-18,22-27H,7-14,19-21H2,1-6H3,(H,37,38)(H,39,40). The van der Waals surface area contributed by atoms with Gasteiger partial charge in [-0.3, -0.25) is 0 Å². The Hall–Kier alpha value is -2.62. The van der Waals surface area contributed by atoms with Crippen LogP contribution in [0.3, 0.4) is 0 Å². The number of aromatic carboxylic acids is 2. The summed E-state index contributed by atoms with van der Waals surface area (Å²) in [5.41, 5.74) is 4.52. The second kappa shape index (κ2) is 14.3.